The Balaban J connectivity index is 1.00. The van der Waals surface area contributed by atoms with Crippen molar-refractivity contribution in [1.29, 1.82) is 0 Å². The molecule has 5 amide bonds. The number of carbonyl (C=O) groups is 7. The molecule has 0 saturated carbocycles. The van der Waals surface area contributed by atoms with E-state index in [-0.39, 0.29) is 71.6 Å². The summed E-state index contributed by atoms with van der Waals surface area (Å²) in [7, 11) is 0. The molecule has 9 aromatic rings. The van der Waals surface area contributed by atoms with Crippen LogP contribution in [-0.4, -0.2) is 122 Å². The van der Waals surface area contributed by atoms with E-state index in [1.165, 1.54) is 49.7 Å². The monoisotopic (exact) mass is 1280 g/mol. The molecule has 29 heteroatoms. The van der Waals surface area contributed by atoms with Crippen molar-refractivity contribution in [3.8, 4) is 49.1 Å². The fraction of sp³-hybridized carbons (Fsp3) is 0.276. The summed E-state index contributed by atoms with van der Waals surface area (Å²) in [5, 5.41) is 48.8. The van der Waals surface area contributed by atoms with Crippen molar-refractivity contribution in [3.05, 3.63) is 147 Å². The molecule has 2 aromatic carbocycles. The van der Waals surface area contributed by atoms with E-state index in [0.29, 0.717) is 76.5 Å². The SMILES string of the molecule is Cc1sc2nc1C(=O)C[C@@H]([C@H](O)c1ccccc1)c1nc(cs1)C(=O)N[C@@H](Cc1ccc(OCCCC(=O)O)cc1)C(=O)N1C[C@H](O)[C@H](C)[C@H]1c1nc(cs1)-c1nc(cs1)-c1nc(-c3nc(C(N)=O)cs3)ccc1-c1nc(cs1)C(=O)N[C@H]2CC(N)=O. The summed E-state index contributed by atoms with van der Waals surface area (Å²) < 4.78 is 5.77. The summed E-state index contributed by atoms with van der Waals surface area (Å²) in [4.78, 5) is 130. The van der Waals surface area contributed by atoms with Crippen molar-refractivity contribution in [2.45, 2.75) is 82.2 Å². The highest BCUT2D eigenvalue weighted by atomic mass is 32.1. The molecule has 9 heterocycles. The number of carboxylic acid groups (broad SMARTS) is 1. The minimum atomic E-state index is -1.31. The third-order valence-electron chi connectivity index (χ3n) is 14.5. The number of thiazole rings is 6. The van der Waals surface area contributed by atoms with E-state index in [2.05, 4.69) is 20.6 Å². The highest BCUT2D eigenvalue weighted by Crippen LogP contribution is 2.43. The molecule has 2 aliphatic heterocycles. The molecule has 446 valence electrons. The van der Waals surface area contributed by atoms with Crippen LogP contribution < -0.4 is 26.8 Å². The number of ether oxygens (including phenoxy) is 1. The van der Waals surface area contributed by atoms with Crippen molar-refractivity contribution in [3.63, 3.8) is 0 Å². The number of pyridine rings is 1. The van der Waals surface area contributed by atoms with Crippen LogP contribution in [0.4, 0.5) is 0 Å². The minimum Gasteiger partial charge on any atom is -0.494 e. The van der Waals surface area contributed by atoms with Crippen LogP contribution in [0.3, 0.4) is 0 Å². The van der Waals surface area contributed by atoms with Crippen LogP contribution in [-0.2, 0) is 20.8 Å². The van der Waals surface area contributed by atoms with Crippen LogP contribution in [0.2, 0.25) is 0 Å². The molecule has 7 atom stereocenters. The molecule has 1 saturated heterocycles. The normalized spacial score (nSPS) is 19.4. The van der Waals surface area contributed by atoms with Gasteiger partial charge in [-0.15, -0.1) is 68.0 Å². The van der Waals surface area contributed by atoms with Gasteiger partial charge in [-0.25, -0.2) is 34.9 Å². The number of hydrogen-bond donors (Lipinski definition) is 7. The third-order valence-corrected chi connectivity index (χ3v) is 20.1. The number of nitrogens with one attached hydrogen (secondary N) is 2. The average molecular weight is 1290 g/mol. The molecular weight excluding hydrogens is 1230 g/mol. The van der Waals surface area contributed by atoms with Gasteiger partial charge >= 0.3 is 5.97 Å². The molecule has 23 nitrogen and oxygen atoms in total. The fourth-order valence-corrected chi connectivity index (χ4v) is 15.5. The van der Waals surface area contributed by atoms with Crippen LogP contribution in [0.25, 0.3) is 43.4 Å². The summed E-state index contributed by atoms with van der Waals surface area (Å²) in [6.45, 7) is 3.55. The Morgan fingerprint density at radius 3 is 2.10 bits per heavy atom. The zero-order chi connectivity index (χ0) is 61.2. The van der Waals surface area contributed by atoms with Gasteiger partial charge in [0, 0.05) is 75.0 Å². The Labute approximate surface area is 519 Å². The van der Waals surface area contributed by atoms with Crippen LogP contribution in [0.15, 0.2) is 93.6 Å². The number of carboxylic acids is 1. The van der Waals surface area contributed by atoms with E-state index in [4.69, 9.17) is 46.2 Å². The number of carbonyl (C=O) groups excluding carboxylic acids is 6. The first-order valence-corrected chi connectivity index (χ1v) is 32.2. The second-order valence-corrected chi connectivity index (χ2v) is 26.1. The Morgan fingerprint density at radius 2 is 1.37 bits per heavy atom. The molecule has 0 radical (unpaired) electrons. The molecule has 11 rings (SSSR count). The Morgan fingerprint density at radius 1 is 0.713 bits per heavy atom. The van der Waals surface area contributed by atoms with Crippen molar-refractivity contribution in [2.75, 3.05) is 13.2 Å². The number of hydrogen-bond acceptors (Lipinski definition) is 23. The summed E-state index contributed by atoms with van der Waals surface area (Å²) in [6, 6.07) is 15.8. The molecule has 0 aliphatic carbocycles. The number of aliphatic hydroxyl groups excluding tert-OH is 2. The van der Waals surface area contributed by atoms with E-state index in [0.717, 1.165) is 34.0 Å². The third kappa shape index (κ3) is 13.3. The van der Waals surface area contributed by atoms with Crippen LogP contribution in [0.5, 0.6) is 5.75 Å². The van der Waals surface area contributed by atoms with Crippen molar-refractivity contribution >= 4 is 109 Å². The predicted octanol–water partition coefficient (Wildman–Crippen LogP) is 7.81. The van der Waals surface area contributed by atoms with E-state index in [9.17, 15) is 39.0 Å². The zero-order valence-corrected chi connectivity index (χ0v) is 50.9. The lowest BCUT2D eigenvalue weighted by Crippen LogP contribution is -2.50. The lowest BCUT2D eigenvalue weighted by atomic mass is 9.90. The second-order valence-electron chi connectivity index (χ2n) is 20.5. The maximum atomic E-state index is 15.3. The first kappa shape index (κ1) is 60.3. The van der Waals surface area contributed by atoms with Gasteiger partial charge in [0.1, 0.15) is 76.7 Å². The number of rotatable bonds is 13. The lowest BCUT2D eigenvalue weighted by molar-refractivity contribution is -0.137. The molecule has 9 N–H and O–H groups in total. The molecule has 10 bridgehead atoms. The van der Waals surface area contributed by atoms with Gasteiger partial charge in [-0.2, -0.15) is 0 Å². The first-order valence-electron chi connectivity index (χ1n) is 27.0. The minimum absolute atomic E-state index is 0.0144. The summed E-state index contributed by atoms with van der Waals surface area (Å²) in [5.74, 6) is -5.95. The van der Waals surface area contributed by atoms with Gasteiger partial charge in [0.15, 0.2) is 5.78 Å². The largest absolute Gasteiger partial charge is 0.494 e. The number of nitrogens with two attached hydrogens (primary N) is 2. The number of aliphatic carboxylic acids is 1. The smallest absolute Gasteiger partial charge is 0.303 e. The number of ketones is 1. The topological polar surface area (TPSA) is 359 Å². The maximum Gasteiger partial charge on any atom is 0.303 e. The molecule has 1 fully saturated rings. The van der Waals surface area contributed by atoms with Crippen LogP contribution >= 0.6 is 68.0 Å². The number of aliphatic hydroxyl groups is 2. The van der Waals surface area contributed by atoms with E-state index < -0.39 is 83.5 Å². The number of benzene rings is 2. The number of primary amides is 2. The van der Waals surface area contributed by atoms with Crippen molar-refractivity contribution in [1.82, 2.24) is 50.4 Å². The highest BCUT2D eigenvalue weighted by molar-refractivity contribution is 7.15. The van der Waals surface area contributed by atoms with Gasteiger partial charge in [-0.1, -0.05) is 49.4 Å². The highest BCUT2D eigenvalue weighted by Gasteiger charge is 2.45. The summed E-state index contributed by atoms with van der Waals surface area (Å²) in [5.41, 5.74) is 14.4. The molecule has 2 aliphatic rings. The van der Waals surface area contributed by atoms with Crippen molar-refractivity contribution in [2.24, 2.45) is 17.4 Å². The van der Waals surface area contributed by atoms with Crippen LogP contribution in [0.1, 0.15) is 130 Å². The van der Waals surface area contributed by atoms with Gasteiger partial charge in [0.25, 0.3) is 17.7 Å². The summed E-state index contributed by atoms with van der Waals surface area (Å²) >= 11 is 6.97. The van der Waals surface area contributed by atoms with Gasteiger partial charge in [0.2, 0.25) is 11.8 Å². The fourth-order valence-electron chi connectivity index (χ4n) is 10.1. The number of nitrogens with zero attached hydrogens (tertiary/aromatic N) is 8. The van der Waals surface area contributed by atoms with E-state index in [1.807, 2.05) is 6.92 Å². The van der Waals surface area contributed by atoms with Crippen molar-refractivity contribution < 1.29 is 53.6 Å². The standard InChI is InChI=1S/C58H52N12O11S6/c1-26-42(72)20-70-47(26)57-68-40(25-86-57)55-64-36(21-84-55)46-31(14-15-33(61-46)54-65-37(22-85-54)49(60)77)52-66-38(23-82-52)50(78)62-34(19-43(59)73)56-69-45(27(2)87-56)41(71)18-32(48(76)29-7-4-3-5-8-29)53-67-39(24-83-53)51(79)63-35(58(70)80)17-28-10-12-30(13-11-28)81-16-6-9-44(74)75/h3-5,7-8,10-15,21-26,32,34-35,42,47-48,72,76H,6,9,16-20H2,1-2H3,(H2,59,73)(H2,60,77)(H,62,78)(H,63,79)(H,74,75)/t26-,32-,34-,35-,42-,47-,48+/m0/s1. The lowest BCUT2D eigenvalue weighted by Gasteiger charge is -2.29. The van der Waals surface area contributed by atoms with Crippen LogP contribution in [0, 0.1) is 12.8 Å². The Hall–Kier alpha value is -8.42. The maximum absolute atomic E-state index is 15.3. The summed E-state index contributed by atoms with van der Waals surface area (Å²) in [6.07, 6.45) is -2.84. The number of aryl methyl sites for hydroxylation is 1. The predicted molar refractivity (Wildman–Crippen MR) is 327 cm³/mol. The zero-order valence-electron chi connectivity index (χ0n) is 46.0. The second kappa shape index (κ2) is 25.9. The average Bonchev–Trinajstić information content (AvgIpc) is 2.14. The van der Waals surface area contributed by atoms with Gasteiger partial charge in [0.05, 0.1) is 48.0 Å². The number of Topliss-reactive ketones (excluding diaryl/α,β-unsaturated/α-hetero) is 1. The van der Waals surface area contributed by atoms with Gasteiger partial charge < -0.3 is 47.1 Å². The van der Waals surface area contributed by atoms with E-state index >= 15 is 4.79 Å². The molecular formula is C58H52N12O11S6. The number of aromatic nitrogens is 7. The number of fused-ring (bicyclic) bond motifs is 16. The molecule has 87 heavy (non-hydrogen) atoms. The molecule has 0 unspecified atom stereocenters. The van der Waals surface area contributed by atoms with Gasteiger partial charge in [-0.3, -0.25) is 33.6 Å². The van der Waals surface area contributed by atoms with E-state index in [1.54, 1.807) is 89.8 Å². The first-order chi connectivity index (χ1) is 41.8. The Kier molecular flexibility index (Phi) is 17.9. The molecule has 0 spiro atoms. The quantitative estimate of drug-likeness (QED) is 0.0541. The van der Waals surface area contributed by atoms with Gasteiger partial charge in [-0.05, 0) is 48.7 Å². The number of amides is 5. The Bertz CT molecular complexity index is 4080. The molecule has 7 aromatic heterocycles.